The van der Waals surface area contributed by atoms with E-state index in [9.17, 15) is 0 Å². The Balaban J connectivity index is 3.21. The van der Waals surface area contributed by atoms with E-state index < -0.39 is 0 Å². The predicted molar refractivity (Wildman–Crippen MR) is 84.0 cm³/mol. The summed E-state index contributed by atoms with van der Waals surface area (Å²) in [5.41, 5.74) is 0. The molecule has 0 spiro atoms. The molecule has 0 rings (SSSR count). The second-order valence-corrected chi connectivity index (χ2v) is 5.93. The minimum absolute atomic E-state index is 0.833. The Morgan fingerprint density at radius 3 is 2.17 bits per heavy atom. The minimum Gasteiger partial charge on any atom is -0.316 e. The van der Waals surface area contributed by atoms with Crippen molar-refractivity contribution in [3.8, 4) is 0 Å². The van der Waals surface area contributed by atoms with Crippen LogP contribution in [-0.4, -0.2) is 13.1 Å². The van der Waals surface area contributed by atoms with Crippen LogP contribution in [0, 0.1) is 11.8 Å². The molecule has 0 aliphatic rings. The number of allylic oxidation sites excluding steroid dienone is 1. The van der Waals surface area contributed by atoms with Gasteiger partial charge in [0.25, 0.3) is 0 Å². The summed E-state index contributed by atoms with van der Waals surface area (Å²) in [4.78, 5) is 0. The summed E-state index contributed by atoms with van der Waals surface area (Å²) in [6.45, 7) is 13.1. The van der Waals surface area contributed by atoms with Crippen LogP contribution in [0.15, 0.2) is 12.7 Å². The highest BCUT2D eigenvalue weighted by Crippen LogP contribution is 2.15. The molecule has 0 saturated heterocycles. The van der Waals surface area contributed by atoms with Crippen LogP contribution < -0.4 is 5.32 Å². The summed E-state index contributed by atoms with van der Waals surface area (Å²) in [5.74, 6) is 1.68. The van der Waals surface area contributed by atoms with Crippen LogP contribution in [0.25, 0.3) is 0 Å². The predicted octanol–water partition coefficient (Wildman–Crippen LogP) is 5.17. The molecule has 0 saturated carbocycles. The molecule has 0 radical (unpaired) electrons. The average Bonchev–Trinajstić information content (AvgIpc) is 2.34. The van der Waals surface area contributed by atoms with Gasteiger partial charge in [0.05, 0.1) is 0 Å². The standard InChI is InChI=1S/C17H35N/c1-5-11-16(3)12-9-7-8-10-13-17(4)15-18-14-6-2/h5,16-18H,1,6-15H2,2-4H3. The first-order valence-corrected chi connectivity index (χ1v) is 8.02. The molecule has 0 aromatic carbocycles. The Kier molecular flexibility index (Phi) is 12.9. The lowest BCUT2D eigenvalue weighted by molar-refractivity contribution is 0.441. The normalized spacial score (nSPS) is 14.4. The van der Waals surface area contributed by atoms with E-state index in [2.05, 4.69) is 38.7 Å². The van der Waals surface area contributed by atoms with Crippen molar-refractivity contribution in [3.63, 3.8) is 0 Å². The number of unbranched alkanes of at least 4 members (excludes halogenated alkanes) is 3. The molecular formula is C17H35N. The third-order valence-electron chi connectivity index (χ3n) is 3.63. The smallest absolute Gasteiger partial charge is 0.00232 e. The summed E-state index contributed by atoms with van der Waals surface area (Å²) in [6, 6.07) is 0. The molecule has 1 N–H and O–H groups in total. The quantitative estimate of drug-likeness (QED) is 0.352. The fourth-order valence-electron chi connectivity index (χ4n) is 2.37. The lowest BCUT2D eigenvalue weighted by Gasteiger charge is -2.12. The van der Waals surface area contributed by atoms with Gasteiger partial charge in [0.15, 0.2) is 0 Å². The van der Waals surface area contributed by atoms with Crippen LogP contribution in [0.1, 0.15) is 72.1 Å². The monoisotopic (exact) mass is 253 g/mol. The summed E-state index contributed by atoms with van der Waals surface area (Å²) >= 11 is 0. The minimum atomic E-state index is 0.833. The first kappa shape index (κ1) is 17.7. The molecule has 0 bridgehead atoms. The van der Waals surface area contributed by atoms with Gasteiger partial charge >= 0.3 is 0 Å². The molecule has 2 unspecified atom stereocenters. The second-order valence-electron chi connectivity index (χ2n) is 5.93. The summed E-state index contributed by atoms with van der Waals surface area (Å²) in [6.07, 6.45) is 12.9. The van der Waals surface area contributed by atoms with Crippen LogP contribution >= 0.6 is 0 Å². The first-order valence-electron chi connectivity index (χ1n) is 8.02. The van der Waals surface area contributed by atoms with Crippen molar-refractivity contribution in [2.45, 2.75) is 72.1 Å². The Morgan fingerprint density at radius 2 is 1.61 bits per heavy atom. The molecule has 1 heteroatoms. The SMILES string of the molecule is C=CCC(C)CCCCCCC(C)CNCCC. The zero-order valence-electron chi connectivity index (χ0n) is 13.0. The Labute approximate surface area is 115 Å². The van der Waals surface area contributed by atoms with E-state index in [0.717, 1.165) is 11.8 Å². The molecule has 0 aromatic rings. The van der Waals surface area contributed by atoms with Gasteiger partial charge in [-0.1, -0.05) is 59.0 Å². The van der Waals surface area contributed by atoms with Gasteiger partial charge in [-0.15, -0.1) is 6.58 Å². The molecule has 108 valence electrons. The highest BCUT2D eigenvalue weighted by Gasteiger charge is 2.02. The Bertz CT molecular complexity index is 176. The van der Waals surface area contributed by atoms with Crippen LogP contribution in [-0.2, 0) is 0 Å². The van der Waals surface area contributed by atoms with E-state index in [1.54, 1.807) is 0 Å². The van der Waals surface area contributed by atoms with Crippen molar-refractivity contribution in [3.05, 3.63) is 12.7 Å². The van der Waals surface area contributed by atoms with Gasteiger partial charge < -0.3 is 5.32 Å². The third-order valence-corrected chi connectivity index (χ3v) is 3.63. The van der Waals surface area contributed by atoms with E-state index >= 15 is 0 Å². The van der Waals surface area contributed by atoms with Gasteiger partial charge in [-0.25, -0.2) is 0 Å². The summed E-state index contributed by atoms with van der Waals surface area (Å²) in [7, 11) is 0. The van der Waals surface area contributed by atoms with E-state index in [4.69, 9.17) is 0 Å². The molecule has 2 atom stereocenters. The molecule has 0 fully saturated rings. The molecular weight excluding hydrogens is 218 g/mol. The number of hydrogen-bond acceptors (Lipinski definition) is 1. The van der Waals surface area contributed by atoms with E-state index in [1.165, 1.54) is 64.5 Å². The zero-order valence-corrected chi connectivity index (χ0v) is 13.0. The zero-order chi connectivity index (χ0) is 13.6. The van der Waals surface area contributed by atoms with E-state index in [1.807, 2.05) is 0 Å². The highest BCUT2D eigenvalue weighted by atomic mass is 14.8. The van der Waals surface area contributed by atoms with E-state index in [-0.39, 0.29) is 0 Å². The van der Waals surface area contributed by atoms with Crippen molar-refractivity contribution in [2.24, 2.45) is 11.8 Å². The number of nitrogens with one attached hydrogen (secondary N) is 1. The second kappa shape index (κ2) is 13.1. The summed E-state index contributed by atoms with van der Waals surface area (Å²) in [5, 5.41) is 3.51. The van der Waals surface area contributed by atoms with E-state index in [0.29, 0.717) is 0 Å². The third kappa shape index (κ3) is 12.2. The van der Waals surface area contributed by atoms with Gasteiger partial charge in [0, 0.05) is 0 Å². The summed E-state index contributed by atoms with van der Waals surface area (Å²) < 4.78 is 0. The Hall–Kier alpha value is -0.300. The first-order chi connectivity index (χ1) is 8.70. The van der Waals surface area contributed by atoms with Crippen molar-refractivity contribution < 1.29 is 0 Å². The van der Waals surface area contributed by atoms with Gasteiger partial charge in [0.2, 0.25) is 0 Å². The van der Waals surface area contributed by atoms with Gasteiger partial charge in [0.1, 0.15) is 0 Å². The van der Waals surface area contributed by atoms with Crippen molar-refractivity contribution >= 4 is 0 Å². The maximum atomic E-state index is 3.80. The van der Waals surface area contributed by atoms with Crippen LogP contribution in [0.5, 0.6) is 0 Å². The molecule has 18 heavy (non-hydrogen) atoms. The Morgan fingerprint density at radius 1 is 1.00 bits per heavy atom. The highest BCUT2D eigenvalue weighted by molar-refractivity contribution is 4.70. The molecule has 0 aromatic heterocycles. The number of hydrogen-bond donors (Lipinski definition) is 1. The maximum Gasteiger partial charge on any atom is -0.00232 e. The fraction of sp³-hybridized carbons (Fsp3) is 0.882. The van der Waals surface area contributed by atoms with Crippen molar-refractivity contribution in [1.82, 2.24) is 5.32 Å². The molecule has 1 nitrogen and oxygen atoms in total. The maximum absolute atomic E-state index is 3.80. The fourth-order valence-corrected chi connectivity index (χ4v) is 2.37. The number of rotatable bonds is 13. The largest absolute Gasteiger partial charge is 0.316 e. The lowest BCUT2D eigenvalue weighted by Crippen LogP contribution is -2.21. The lowest BCUT2D eigenvalue weighted by atomic mass is 9.98. The molecule has 0 amide bonds. The molecule has 0 aliphatic heterocycles. The van der Waals surface area contributed by atoms with Crippen LogP contribution in [0.3, 0.4) is 0 Å². The average molecular weight is 253 g/mol. The molecule has 0 heterocycles. The topological polar surface area (TPSA) is 12.0 Å². The van der Waals surface area contributed by atoms with Crippen LogP contribution in [0.2, 0.25) is 0 Å². The van der Waals surface area contributed by atoms with Gasteiger partial charge in [-0.2, -0.15) is 0 Å². The van der Waals surface area contributed by atoms with Gasteiger partial charge in [-0.05, 0) is 44.2 Å². The van der Waals surface area contributed by atoms with Crippen LogP contribution in [0.4, 0.5) is 0 Å². The van der Waals surface area contributed by atoms with Crippen molar-refractivity contribution in [1.29, 1.82) is 0 Å². The van der Waals surface area contributed by atoms with Crippen molar-refractivity contribution in [2.75, 3.05) is 13.1 Å². The van der Waals surface area contributed by atoms with Gasteiger partial charge in [-0.3, -0.25) is 0 Å². The molecule has 0 aliphatic carbocycles.